The van der Waals surface area contributed by atoms with Gasteiger partial charge in [-0.15, -0.1) is 0 Å². The van der Waals surface area contributed by atoms with Crippen molar-refractivity contribution in [1.29, 1.82) is 0 Å². The fourth-order valence-corrected chi connectivity index (χ4v) is 2.05. The summed E-state index contributed by atoms with van der Waals surface area (Å²) in [6, 6.07) is 0.512. The zero-order valence-electron chi connectivity index (χ0n) is 10.1. The lowest BCUT2D eigenvalue weighted by molar-refractivity contribution is 0.181. The standard InChI is InChI=1S/C11H23N3O/c1-4-7-12-11(15)14-8-5-6-10(14)9-13(2)3/h10H,4-9H2,1-3H3,(H,12,15). The maximum atomic E-state index is 11.8. The molecule has 88 valence electrons. The Morgan fingerprint density at radius 1 is 1.53 bits per heavy atom. The van der Waals surface area contributed by atoms with E-state index in [0.717, 1.165) is 38.9 Å². The van der Waals surface area contributed by atoms with Gasteiger partial charge in [0, 0.05) is 25.7 Å². The van der Waals surface area contributed by atoms with Gasteiger partial charge in [-0.05, 0) is 33.4 Å². The average Bonchev–Trinajstić information content (AvgIpc) is 2.61. The Morgan fingerprint density at radius 3 is 2.87 bits per heavy atom. The number of amides is 2. The van der Waals surface area contributed by atoms with E-state index in [1.807, 2.05) is 4.90 Å². The molecule has 1 aliphatic heterocycles. The van der Waals surface area contributed by atoms with E-state index in [1.165, 1.54) is 0 Å². The summed E-state index contributed by atoms with van der Waals surface area (Å²) < 4.78 is 0. The lowest BCUT2D eigenvalue weighted by atomic mass is 10.2. The molecule has 15 heavy (non-hydrogen) atoms. The Bertz CT molecular complexity index is 206. The summed E-state index contributed by atoms with van der Waals surface area (Å²) in [5, 5.41) is 2.95. The van der Waals surface area contributed by atoms with Crippen molar-refractivity contribution in [1.82, 2.24) is 15.1 Å². The highest BCUT2D eigenvalue weighted by Gasteiger charge is 2.28. The molecule has 1 atom stereocenters. The normalized spacial score (nSPS) is 21.1. The molecule has 0 radical (unpaired) electrons. The van der Waals surface area contributed by atoms with Crippen LogP contribution in [0.1, 0.15) is 26.2 Å². The molecule has 1 rings (SSSR count). The fraction of sp³-hybridized carbons (Fsp3) is 0.909. The van der Waals surface area contributed by atoms with Crippen molar-refractivity contribution in [2.45, 2.75) is 32.2 Å². The van der Waals surface area contributed by atoms with Gasteiger partial charge in [-0.2, -0.15) is 0 Å². The quantitative estimate of drug-likeness (QED) is 0.760. The Labute approximate surface area is 92.6 Å². The Morgan fingerprint density at radius 2 is 2.27 bits per heavy atom. The van der Waals surface area contributed by atoms with Crippen molar-refractivity contribution in [3.05, 3.63) is 0 Å². The number of nitrogens with one attached hydrogen (secondary N) is 1. The van der Waals surface area contributed by atoms with E-state index in [4.69, 9.17) is 0 Å². The first-order valence-corrected chi connectivity index (χ1v) is 5.84. The van der Waals surface area contributed by atoms with E-state index in [1.54, 1.807) is 0 Å². The number of carbonyl (C=O) groups is 1. The molecule has 1 heterocycles. The maximum Gasteiger partial charge on any atom is 0.317 e. The van der Waals surface area contributed by atoms with Crippen LogP contribution in [-0.4, -0.2) is 55.6 Å². The second kappa shape index (κ2) is 5.95. The maximum absolute atomic E-state index is 11.8. The van der Waals surface area contributed by atoms with E-state index < -0.39 is 0 Å². The van der Waals surface area contributed by atoms with E-state index in [0.29, 0.717) is 6.04 Å². The first-order valence-electron chi connectivity index (χ1n) is 5.84. The van der Waals surface area contributed by atoms with Crippen LogP contribution < -0.4 is 5.32 Å². The van der Waals surface area contributed by atoms with Crippen LogP contribution in [0.5, 0.6) is 0 Å². The summed E-state index contributed by atoms with van der Waals surface area (Å²) in [5.74, 6) is 0. The zero-order chi connectivity index (χ0) is 11.3. The molecule has 0 saturated carbocycles. The smallest absolute Gasteiger partial charge is 0.317 e. The number of rotatable bonds is 4. The Kier molecular flexibility index (Phi) is 4.88. The monoisotopic (exact) mass is 213 g/mol. The highest BCUT2D eigenvalue weighted by atomic mass is 16.2. The molecule has 1 N–H and O–H groups in total. The van der Waals surface area contributed by atoms with Crippen LogP contribution in [0.4, 0.5) is 4.79 Å². The van der Waals surface area contributed by atoms with Gasteiger partial charge in [-0.3, -0.25) is 0 Å². The SMILES string of the molecule is CCCNC(=O)N1CCCC1CN(C)C. The molecule has 0 aromatic carbocycles. The van der Waals surface area contributed by atoms with Crippen LogP contribution in [-0.2, 0) is 0 Å². The molecule has 1 aliphatic rings. The number of nitrogens with zero attached hydrogens (tertiary/aromatic N) is 2. The summed E-state index contributed by atoms with van der Waals surface area (Å²) >= 11 is 0. The van der Waals surface area contributed by atoms with Crippen molar-refractivity contribution >= 4 is 6.03 Å². The zero-order valence-corrected chi connectivity index (χ0v) is 10.1. The number of carbonyl (C=O) groups excluding carboxylic acids is 1. The van der Waals surface area contributed by atoms with Gasteiger partial charge in [0.25, 0.3) is 0 Å². The summed E-state index contributed by atoms with van der Waals surface area (Å²) in [6.45, 7) is 4.74. The number of hydrogen-bond acceptors (Lipinski definition) is 2. The molecule has 4 heteroatoms. The molecule has 0 aromatic heterocycles. The molecule has 0 bridgehead atoms. The minimum atomic E-state index is 0.112. The lowest BCUT2D eigenvalue weighted by Gasteiger charge is -2.27. The van der Waals surface area contributed by atoms with E-state index in [-0.39, 0.29) is 6.03 Å². The van der Waals surface area contributed by atoms with Gasteiger partial charge >= 0.3 is 6.03 Å². The summed E-state index contributed by atoms with van der Waals surface area (Å²) in [5.41, 5.74) is 0. The third-order valence-corrected chi connectivity index (χ3v) is 2.74. The molecule has 1 fully saturated rings. The minimum Gasteiger partial charge on any atom is -0.338 e. The predicted molar refractivity (Wildman–Crippen MR) is 62.0 cm³/mol. The van der Waals surface area contributed by atoms with E-state index in [9.17, 15) is 4.79 Å². The van der Waals surface area contributed by atoms with Gasteiger partial charge in [-0.1, -0.05) is 6.92 Å². The van der Waals surface area contributed by atoms with Crippen LogP contribution in [0, 0.1) is 0 Å². The fourth-order valence-electron chi connectivity index (χ4n) is 2.05. The molecule has 0 aromatic rings. The van der Waals surface area contributed by atoms with Crippen LogP contribution in [0.15, 0.2) is 0 Å². The van der Waals surface area contributed by atoms with E-state index >= 15 is 0 Å². The third kappa shape index (κ3) is 3.70. The van der Waals surface area contributed by atoms with Gasteiger partial charge in [-0.25, -0.2) is 4.79 Å². The second-order valence-corrected chi connectivity index (χ2v) is 4.48. The number of urea groups is 1. The van der Waals surface area contributed by atoms with Gasteiger partial charge in [0.2, 0.25) is 0 Å². The summed E-state index contributed by atoms with van der Waals surface area (Å²) in [6.07, 6.45) is 3.27. The van der Waals surface area contributed by atoms with Crippen LogP contribution >= 0.6 is 0 Å². The topological polar surface area (TPSA) is 35.6 Å². The first kappa shape index (κ1) is 12.3. The van der Waals surface area contributed by atoms with Crippen LogP contribution in [0.25, 0.3) is 0 Å². The first-order chi connectivity index (χ1) is 7.15. The Hall–Kier alpha value is -0.770. The number of likely N-dealkylation sites (tertiary alicyclic amines) is 1. The van der Waals surface area contributed by atoms with Crippen LogP contribution in [0.2, 0.25) is 0 Å². The molecule has 1 saturated heterocycles. The van der Waals surface area contributed by atoms with Gasteiger partial charge in [0.05, 0.1) is 0 Å². The van der Waals surface area contributed by atoms with E-state index in [2.05, 4.69) is 31.2 Å². The van der Waals surface area contributed by atoms with Gasteiger partial charge in [0.15, 0.2) is 0 Å². The van der Waals surface area contributed by atoms with Crippen molar-refractivity contribution in [2.75, 3.05) is 33.7 Å². The second-order valence-electron chi connectivity index (χ2n) is 4.48. The van der Waals surface area contributed by atoms with Crippen molar-refractivity contribution in [3.8, 4) is 0 Å². The Balaban J connectivity index is 2.41. The number of likely N-dealkylation sites (N-methyl/N-ethyl adjacent to an activating group) is 1. The average molecular weight is 213 g/mol. The van der Waals surface area contributed by atoms with Crippen molar-refractivity contribution in [3.63, 3.8) is 0 Å². The van der Waals surface area contributed by atoms with Crippen molar-refractivity contribution < 1.29 is 4.79 Å². The minimum absolute atomic E-state index is 0.112. The van der Waals surface area contributed by atoms with Crippen molar-refractivity contribution in [2.24, 2.45) is 0 Å². The highest BCUT2D eigenvalue weighted by Crippen LogP contribution is 2.17. The molecule has 0 aliphatic carbocycles. The summed E-state index contributed by atoms with van der Waals surface area (Å²) in [7, 11) is 4.11. The van der Waals surface area contributed by atoms with Crippen LogP contribution in [0.3, 0.4) is 0 Å². The predicted octanol–water partition coefficient (Wildman–Crippen LogP) is 1.13. The third-order valence-electron chi connectivity index (χ3n) is 2.74. The molecular weight excluding hydrogens is 190 g/mol. The molecule has 2 amide bonds. The van der Waals surface area contributed by atoms with Gasteiger partial charge in [0.1, 0.15) is 0 Å². The molecule has 0 spiro atoms. The number of hydrogen-bond donors (Lipinski definition) is 1. The lowest BCUT2D eigenvalue weighted by Crippen LogP contribution is -2.46. The largest absolute Gasteiger partial charge is 0.338 e. The molecule has 4 nitrogen and oxygen atoms in total. The summed E-state index contributed by atoms with van der Waals surface area (Å²) in [4.78, 5) is 15.9. The molecule has 1 unspecified atom stereocenters. The van der Waals surface area contributed by atoms with Gasteiger partial charge < -0.3 is 15.1 Å². The highest BCUT2D eigenvalue weighted by molar-refractivity contribution is 5.74. The molecular formula is C11H23N3O.